The zero-order valence-electron chi connectivity index (χ0n) is 9.88. The summed E-state index contributed by atoms with van der Waals surface area (Å²) in [7, 11) is 0. The Balaban J connectivity index is 2.21. The molecule has 0 aliphatic heterocycles. The Morgan fingerprint density at radius 3 is 2.22 bits per heavy atom. The van der Waals surface area contributed by atoms with Crippen LogP contribution >= 0.6 is 43.2 Å². The number of halogens is 2. The van der Waals surface area contributed by atoms with Crippen molar-refractivity contribution in [1.82, 2.24) is 0 Å². The average Bonchev–Trinajstić information content (AvgIpc) is 2.57. The van der Waals surface area contributed by atoms with E-state index in [-0.39, 0.29) is 5.91 Å². The van der Waals surface area contributed by atoms with Crippen LogP contribution < -0.4 is 5.32 Å². The minimum Gasteiger partial charge on any atom is -0.321 e. The highest BCUT2D eigenvalue weighted by Gasteiger charge is 2.12. The van der Waals surface area contributed by atoms with Gasteiger partial charge < -0.3 is 5.32 Å². The number of nitrogens with one attached hydrogen (secondary N) is 1. The fraction of sp³-hybridized carbons (Fsp3) is 0.154. The van der Waals surface area contributed by atoms with E-state index in [0.29, 0.717) is 4.88 Å². The summed E-state index contributed by atoms with van der Waals surface area (Å²) in [4.78, 5) is 12.7. The summed E-state index contributed by atoms with van der Waals surface area (Å²) < 4.78 is 1.83. The van der Waals surface area contributed by atoms with Crippen molar-refractivity contribution in [1.29, 1.82) is 0 Å². The third-order valence-corrected chi connectivity index (χ3v) is 5.60. The first-order valence-corrected chi connectivity index (χ1v) is 7.70. The number of hydrogen-bond acceptors (Lipinski definition) is 2. The summed E-state index contributed by atoms with van der Waals surface area (Å²) in [5.74, 6) is -0.0867. The standard InChI is InChI=1S/C13H11Br2NOS/c1-7-3-8(2)5-9(4-7)16-13(17)11-6-10(14)12(15)18-11/h3-6H,1-2H3,(H,16,17). The molecule has 0 fully saturated rings. The number of rotatable bonds is 2. The van der Waals surface area contributed by atoms with E-state index in [9.17, 15) is 4.79 Å². The van der Waals surface area contributed by atoms with Gasteiger partial charge in [-0.25, -0.2) is 0 Å². The van der Waals surface area contributed by atoms with Crippen molar-refractivity contribution in [2.75, 3.05) is 5.32 Å². The maximum Gasteiger partial charge on any atom is 0.265 e. The van der Waals surface area contributed by atoms with Gasteiger partial charge in [0.25, 0.3) is 5.91 Å². The number of carbonyl (C=O) groups is 1. The lowest BCUT2D eigenvalue weighted by atomic mass is 10.1. The number of anilines is 1. The Morgan fingerprint density at radius 1 is 1.11 bits per heavy atom. The molecule has 0 unspecified atom stereocenters. The van der Waals surface area contributed by atoms with Crippen LogP contribution in [0.4, 0.5) is 5.69 Å². The van der Waals surface area contributed by atoms with Crippen LogP contribution in [0.1, 0.15) is 20.8 Å². The molecule has 0 atom stereocenters. The van der Waals surface area contributed by atoms with E-state index in [1.165, 1.54) is 11.3 Å². The minimum absolute atomic E-state index is 0.0867. The molecule has 0 saturated carbocycles. The van der Waals surface area contributed by atoms with Gasteiger partial charge in [-0.2, -0.15) is 0 Å². The Kier molecular flexibility index (Phi) is 4.25. The van der Waals surface area contributed by atoms with Crippen LogP contribution in [0.3, 0.4) is 0 Å². The third-order valence-electron chi connectivity index (χ3n) is 2.35. The average molecular weight is 389 g/mol. The summed E-state index contributed by atoms with van der Waals surface area (Å²) >= 11 is 8.17. The maximum atomic E-state index is 12.1. The number of aryl methyl sites for hydroxylation is 2. The molecule has 0 aliphatic carbocycles. The SMILES string of the molecule is Cc1cc(C)cc(NC(=O)c2cc(Br)c(Br)s2)c1. The van der Waals surface area contributed by atoms with Gasteiger partial charge in [0.05, 0.1) is 8.66 Å². The molecule has 1 amide bonds. The smallest absolute Gasteiger partial charge is 0.265 e. The maximum absolute atomic E-state index is 12.1. The number of hydrogen-bond donors (Lipinski definition) is 1. The Labute approximate surface area is 127 Å². The largest absolute Gasteiger partial charge is 0.321 e. The van der Waals surface area contributed by atoms with Crippen LogP contribution in [0.2, 0.25) is 0 Å². The van der Waals surface area contributed by atoms with Crippen LogP contribution in [0.15, 0.2) is 32.5 Å². The molecule has 2 nitrogen and oxygen atoms in total. The van der Waals surface area contributed by atoms with Crippen LogP contribution in [0, 0.1) is 13.8 Å². The van der Waals surface area contributed by atoms with Gasteiger partial charge in [0.1, 0.15) is 0 Å². The molecule has 5 heteroatoms. The van der Waals surface area contributed by atoms with E-state index < -0.39 is 0 Å². The fourth-order valence-electron chi connectivity index (χ4n) is 1.70. The predicted octanol–water partition coefficient (Wildman–Crippen LogP) is 5.14. The van der Waals surface area contributed by atoms with Gasteiger partial charge in [-0.05, 0) is 75.0 Å². The van der Waals surface area contributed by atoms with Crippen molar-refractivity contribution in [3.05, 3.63) is 48.5 Å². The minimum atomic E-state index is -0.0867. The highest BCUT2D eigenvalue weighted by atomic mass is 79.9. The lowest BCUT2D eigenvalue weighted by Crippen LogP contribution is -2.10. The molecule has 1 aromatic heterocycles. The van der Waals surface area contributed by atoms with Crippen LogP contribution in [0.25, 0.3) is 0 Å². The molecule has 1 N–H and O–H groups in total. The highest BCUT2D eigenvalue weighted by molar-refractivity contribution is 9.13. The number of benzene rings is 1. The van der Waals surface area contributed by atoms with E-state index in [1.807, 2.05) is 32.0 Å². The molecule has 1 heterocycles. The van der Waals surface area contributed by atoms with Crippen molar-refractivity contribution in [2.24, 2.45) is 0 Å². The fourth-order valence-corrected chi connectivity index (χ4v) is 3.63. The van der Waals surface area contributed by atoms with E-state index in [0.717, 1.165) is 25.1 Å². The zero-order valence-corrected chi connectivity index (χ0v) is 13.9. The summed E-state index contributed by atoms with van der Waals surface area (Å²) in [6.07, 6.45) is 0. The number of thiophene rings is 1. The highest BCUT2D eigenvalue weighted by Crippen LogP contribution is 2.32. The first-order valence-electron chi connectivity index (χ1n) is 5.30. The molecule has 2 rings (SSSR count). The molecule has 0 saturated heterocycles. The number of amides is 1. The molecule has 0 aliphatic rings. The first-order chi connectivity index (χ1) is 8.45. The Morgan fingerprint density at radius 2 is 1.72 bits per heavy atom. The predicted molar refractivity (Wildman–Crippen MR) is 83.6 cm³/mol. The normalized spacial score (nSPS) is 10.4. The third kappa shape index (κ3) is 3.22. The van der Waals surface area contributed by atoms with E-state index >= 15 is 0 Å². The monoisotopic (exact) mass is 387 g/mol. The van der Waals surface area contributed by atoms with Crippen LogP contribution in [0.5, 0.6) is 0 Å². The molecular formula is C13H11Br2NOS. The van der Waals surface area contributed by atoms with Crippen LogP contribution in [-0.2, 0) is 0 Å². The zero-order chi connectivity index (χ0) is 13.3. The van der Waals surface area contributed by atoms with Crippen molar-refractivity contribution >= 4 is 54.8 Å². The topological polar surface area (TPSA) is 29.1 Å². The second-order valence-electron chi connectivity index (χ2n) is 4.06. The summed E-state index contributed by atoms with van der Waals surface area (Å²) in [6.45, 7) is 4.03. The van der Waals surface area contributed by atoms with Gasteiger partial charge in [0.2, 0.25) is 0 Å². The molecule has 2 aromatic rings. The second-order valence-corrected chi connectivity index (χ2v) is 7.29. The molecule has 0 bridgehead atoms. The van der Waals surface area contributed by atoms with Crippen LogP contribution in [-0.4, -0.2) is 5.91 Å². The van der Waals surface area contributed by atoms with E-state index in [1.54, 1.807) is 0 Å². The Hall–Kier alpha value is -0.650. The van der Waals surface area contributed by atoms with Gasteiger partial charge in [0, 0.05) is 10.2 Å². The molecular weight excluding hydrogens is 378 g/mol. The van der Waals surface area contributed by atoms with Gasteiger partial charge in [-0.3, -0.25) is 4.79 Å². The van der Waals surface area contributed by atoms with Gasteiger partial charge in [-0.15, -0.1) is 11.3 Å². The lowest BCUT2D eigenvalue weighted by Gasteiger charge is -2.06. The summed E-state index contributed by atoms with van der Waals surface area (Å²) in [5.41, 5.74) is 3.11. The summed E-state index contributed by atoms with van der Waals surface area (Å²) in [6, 6.07) is 7.81. The summed E-state index contributed by atoms with van der Waals surface area (Å²) in [5, 5.41) is 2.91. The Bertz CT molecular complexity index is 567. The second kappa shape index (κ2) is 5.55. The van der Waals surface area contributed by atoms with Gasteiger partial charge >= 0.3 is 0 Å². The molecule has 1 aromatic carbocycles. The number of carbonyl (C=O) groups excluding carboxylic acids is 1. The van der Waals surface area contributed by atoms with Crippen molar-refractivity contribution in [3.63, 3.8) is 0 Å². The molecule has 18 heavy (non-hydrogen) atoms. The van der Waals surface area contributed by atoms with Crippen molar-refractivity contribution in [2.45, 2.75) is 13.8 Å². The van der Waals surface area contributed by atoms with E-state index in [2.05, 4.69) is 43.2 Å². The molecule has 0 radical (unpaired) electrons. The van der Waals surface area contributed by atoms with Gasteiger partial charge in [-0.1, -0.05) is 6.07 Å². The lowest BCUT2D eigenvalue weighted by molar-refractivity contribution is 0.103. The van der Waals surface area contributed by atoms with E-state index in [4.69, 9.17) is 0 Å². The quantitative estimate of drug-likeness (QED) is 0.757. The van der Waals surface area contributed by atoms with Crippen molar-refractivity contribution < 1.29 is 4.79 Å². The molecule has 0 spiro atoms. The van der Waals surface area contributed by atoms with Gasteiger partial charge in [0.15, 0.2) is 0 Å². The first kappa shape index (κ1) is 13.8. The van der Waals surface area contributed by atoms with Crippen molar-refractivity contribution in [3.8, 4) is 0 Å². The molecule has 94 valence electrons.